The van der Waals surface area contributed by atoms with Crippen LogP contribution in [-0.2, 0) is 0 Å². The van der Waals surface area contributed by atoms with E-state index in [1.807, 2.05) is 6.07 Å². The van der Waals surface area contributed by atoms with Crippen LogP contribution < -0.4 is 14.8 Å². The van der Waals surface area contributed by atoms with Crippen LogP contribution in [0.4, 0.5) is 0 Å². The van der Waals surface area contributed by atoms with Crippen molar-refractivity contribution in [2.45, 2.75) is 31.3 Å². The van der Waals surface area contributed by atoms with Crippen LogP contribution >= 0.6 is 12.4 Å². The minimum absolute atomic E-state index is 0. The SMILES string of the molecule is C=CCOc1ccc(C(=O)N2C3CCNCC2CC3)cc1OC.Cl. The lowest BCUT2D eigenvalue weighted by Gasteiger charge is -2.28. The summed E-state index contributed by atoms with van der Waals surface area (Å²) in [4.78, 5) is 15.1. The van der Waals surface area contributed by atoms with Crippen molar-refractivity contribution in [2.75, 3.05) is 26.8 Å². The fourth-order valence-electron chi connectivity index (χ4n) is 3.53. The van der Waals surface area contributed by atoms with Gasteiger partial charge < -0.3 is 19.7 Å². The average Bonchev–Trinajstić information content (AvgIpc) is 2.84. The van der Waals surface area contributed by atoms with Gasteiger partial charge in [0.2, 0.25) is 0 Å². The van der Waals surface area contributed by atoms with E-state index >= 15 is 0 Å². The summed E-state index contributed by atoms with van der Waals surface area (Å²) >= 11 is 0. The Labute approximate surface area is 149 Å². The highest BCUT2D eigenvalue weighted by Gasteiger charge is 2.38. The number of fused-ring (bicyclic) bond motifs is 2. The monoisotopic (exact) mass is 352 g/mol. The van der Waals surface area contributed by atoms with Gasteiger partial charge in [-0.2, -0.15) is 0 Å². The van der Waals surface area contributed by atoms with Crippen LogP contribution in [0.5, 0.6) is 11.5 Å². The zero-order valence-corrected chi connectivity index (χ0v) is 14.8. The molecule has 2 aliphatic rings. The highest BCUT2D eigenvalue weighted by molar-refractivity contribution is 5.95. The van der Waals surface area contributed by atoms with Crippen molar-refractivity contribution >= 4 is 18.3 Å². The molecular formula is C18H25ClN2O3. The fraction of sp³-hybridized carbons (Fsp3) is 0.500. The van der Waals surface area contributed by atoms with Crippen molar-refractivity contribution in [3.63, 3.8) is 0 Å². The second-order valence-electron chi connectivity index (χ2n) is 6.06. The van der Waals surface area contributed by atoms with Crippen molar-refractivity contribution in [2.24, 2.45) is 0 Å². The lowest BCUT2D eigenvalue weighted by atomic mass is 10.1. The molecule has 3 rings (SSSR count). The van der Waals surface area contributed by atoms with Gasteiger partial charge in [0.05, 0.1) is 7.11 Å². The zero-order chi connectivity index (χ0) is 16.2. The first kappa shape index (κ1) is 18.6. The summed E-state index contributed by atoms with van der Waals surface area (Å²) < 4.78 is 10.9. The Balaban J connectivity index is 0.00000208. The first-order valence-electron chi connectivity index (χ1n) is 8.19. The second kappa shape index (κ2) is 8.40. The van der Waals surface area contributed by atoms with Gasteiger partial charge in [0, 0.05) is 24.2 Å². The summed E-state index contributed by atoms with van der Waals surface area (Å²) in [6.07, 6.45) is 4.90. The van der Waals surface area contributed by atoms with Crippen LogP contribution in [0.1, 0.15) is 29.6 Å². The lowest BCUT2D eigenvalue weighted by Crippen LogP contribution is -2.42. The number of rotatable bonds is 5. The minimum atomic E-state index is 0. The van der Waals surface area contributed by atoms with E-state index in [2.05, 4.69) is 16.8 Å². The van der Waals surface area contributed by atoms with Crippen LogP contribution in [0.25, 0.3) is 0 Å². The largest absolute Gasteiger partial charge is 0.493 e. The smallest absolute Gasteiger partial charge is 0.254 e. The normalized spacial score (nSPS) is 22.3. The first-order chi connectivity index (χ1) is 11.2. The second-order valence-corrected chi connectivity index (χ2v) is 6.06. The van der Waals surface area contributed by atoms with Gasteiger partial charge in [0.1, 0.15) is 6.61 Å². The molecule has 1 N–H and O–H groups in total. The molecule has 2 aliphatic heterocycles. The summed E-state index contributed by atoms with van der Waals surface area (Å²) in [6.45, 7) is 5.92. The molecular weight excluding hydrogens is 328 g/mol. The van der Waals surface area contributed by atoms with Gasteiger partial charge >= 0.3 is 0 Å². The maximum Gasteiger partial charge on any atom is 0.254 e. The Morgan fingerprint density at radius 3 is 2.88 bits per heavy atom. The van der Waals surface area contributed by atoms with Crippen molar-refractivity contribution < 1.29 is 14.3 Å². The molecule has 2 unspecified atom stereocenters. The number of hydrogen-bond acceptors (Lipinski definition) is 4. The number of hydrogen-bond donors (Lipinski definition) is 1. The van der Waals surface area contributed by atoms with Gasteiger partial charge in [-0.25, -0.2) is 0 Å². The first-order valence-corrected chi connectivity index (χ1v) is 8.19. The molecule has 2 heterocycles. The predicted molar refractivity (Wildman–Crippen MR) is 96.4 cm³/mol. The van der Waals surface area contributed by atoms with E-state index in [1.165, 1.54) is 0 Å². The molecule has 0 saturated carbocycles. The number of amides is 1. The number of halogens is 1. The molecule has 6 heteroatoms. The Kier molecular flexibility index (Phi) is 6.52. The van der Waals surface area contributed by atoms with Gasteiger partial charge in [0.25, 0.3) is 5.91 Å². The molecule has 0 spiro atoms. The molecule has 24 heavy (non-hydrogen) atoms. The Morgan fingerprint density at radius 2 is 2.12 bits per heavy atom. The molecule has 2 bridgehead atoms. The van der Waals surface area contributed by atoms with Crippen LogP contribution in [0.15, 0.2) is 30.9 Å². The van der Waals surface area contributed by atoms with E-state index in [-0.39, 0.29) is 18.3 Å². The van der Waals surface area contributed by atoms with E-state index in [9.17, 15) is 4.79 Å². The maximum atomic E-state index is 13.0. The summed E-state index contributed by atoms with van der Waals surface area (Å²) in [7, 11) is 1.59. The van der Waals surface area contributed by atoms with E-state index < -0.39 is 0 Å². The molecule has 0 aliphatic carbocycles. The van der Waals surface area contributed by atoms with E-state index in [0.717, 1.165) is 32.4 Å². The van der Waals surface area contributed by atoms with E-state index in [0.29, 0.717) is 35.8 Å². The van der Waals surface area contributed by atoms with E-state index in [4.69, 9.17) is 9.47 Å². The van der Waals surface area contributed by atoms with Crippen molar-refractivity contribution in [3.8, 4) is 11.5 Å². The molecule has 1 amide bonds. The van der Waals surface area contributed by atoms with Gasteiger partial charge in [0.15, 0.2) is 11.5 Å². The van der Waals surface area contributed by atoms with Crippen molar-refractivity contribution in [1.82, 2.24) is 10.2 Å². The minimum Gasteiger partial charge on any atom is -0.493 e. The molecule has 0 aromatic heterocycles. The van der Waals surface area contributed by atoms with Crippen LogP contribution in [0, 0.1) is 0 Å². The van der Waals surface area contributed by atoms with Gasteiger partial charge in [-0.1, -0.05) is 12.7 Å². The number of ether oxygens (including phenoxy) is 2. The highest BCUT2D eigenvalue weighted by Crippen LogP contribution is 2.32. The van der Waals surface area contributed by atoms with Crippen molar-refractivity contribution in [1.29, 1.82) is 0 Å². The Morgan fingerprint density at radius 1 is 1.33 bits per heavy atom. The number of nitrogens with zero attached hydrogens (tertiary/aromatic N) is 1. The number of carbonyl (C=O) groups excluding carboxylic acids is 1. The quantitative estimate of drug-likeness (QED) is 0.828. The van der Waals surface area contributed by atoms with Crippen molar-refractivity contribution in [3.05, 3.63) is 36.4 Å². The molecule has 132 valence electrons. The predicted octanol–water partition coefficient (Wildman–Crippen LogP) is 2.65. The Hall–Kier alpha value is -1.72. The number of methoxy groups -OCH3 is 1. The number of nitrogens with one attached hydrogen (secondary N) is 1. The van der Waals surface area contributed by atoms with Gasteiger partial charge in [-0.15, -0.1) is 12.4 Å². The van der Waals surface area contributed by atoms with Gasteiger partial charge in [-0.05, 0) is 44.0 Å². The number of benzene rings is 1. The molecule has 2 fully saturated rings. The molecule has 0 radical (unpaired) electrons. The number of carbonyl (C=O) groups is 1. The van der Waals surface area contributed by atoms with Gasteiger partial charge in [-0.3, -0.25) is 4.79 Å². The third-order valence-electron chi connectivity index (χ3n) is 4.66. The van der Waals surface area contributed by atoms with E-state index in [1.54, 1.807) is 25.3 Å². The fourth-order valence-corrected chi connectivity index (χ4v) is 3.53. The summed E-state index contributed by atoms with van der Waals surface area (Å²) in [5, 5.41) is 3.42. The molecule has 1 aromatic rings. The highest BCUT2D eigenvalue weighted by atomic mass is 35.5. The Bertz CT molecular complexity index is 580. The lowest BCUT2D eigenvalue weighted by molar-refractivity contribution is 0.0680. The third kappa shape index (κ3) is 3.68. The molecule has 1 aromatic carbocycles. The maximum absolute atomic E-state index is 13.0. The van der Waals surface area contributed by atoms with Crippen LogP contribution in [0.3, 0.4) is 0 Å². The topological polar surface area (TPSA) is 50.8 Å². The molecule has 2 saturated heterocycles. The van der Waals surface area contributed by atoms with Crippen LogP contribution in [0.2, 0.25) is 0 Å². The summed E-state index contributed by atoms with van der Waals surface area (Å²) in [5.41, 5.74) is 0.659. The van der Waals surface area contributed by atoms with Crippen LogP contribution in [-0.4, -0.2) is 49.7 Å². The standard InChI is InChI=1S/C18H24N2O3.ClH/c1-3-10-23-16-7-4-13(11-17(16)22-2)18(21)20-14-5-6-15(20)12-19-9-8-14;/h3-4,7,11,14-15,19H,1,5-6,8-10,12H2,2H3;1H. The third-order valence-corrected chi connectivity index (χ3v) is 4.66. The molecule has 2 atom stereocenters. The summed E-state index contributed by atoms with van der Waals surface area (Å²) in [5.74, 6) is 1.30. The zero-order valence-electron chi connectivity index (χ0n) is 14.0. The summed E-state index contributed by atoms with van der Waals surface area (Å²) in [6, 6.07) is 6.05. The molecule has 5 nitrogen and oxygen atoms in total. The average molecular weight is 353 g/mol.